The minimum absolute atomic E-state index is 0.306. The number of carbonyl (C=O) groups is 1. The second kappa shape index (κ2) is 6.91. The number of benzene rings is 2. The Labute approximate surface area is 133 Å². The van der Waals surface area contributed by atoms with Crippen molar-refractivity contribution in [3.05, 3.63) is 52.5 Å². The van der Waals surface area contributed by atoms with Gasteiger partial charge in [0.1, 0.15) is 0 Å². The molecule has 0 aliphatic heterocycles. The van der Waals surface area contributed by atoms with Gasteiger partial charge in [0.15, 0.2) is 0 Å². The van der Waals surface area contributed by atoms with Crippen LogP contribution in [0, 0.1) is 0 Å². The summed E-state index contributed by atoms with van der Waals surface area (Å²) in [6, 6.07) is 11.2. The lowest BCUT2D eigenvalue weighted by Gasteiger charge is -2.11. The zero-order chi connectivity index (χ0) is 15.4. The molecule has 0 saturated heterocycles. The molecule has 0 saturated carbocycles. The third kappa shape index (κ3) is 4.18. The van der Waals surface area contributed by atoms with Crippen LogP contribution in [0.15, 0.2) is 51.8 Å². The Morgan fingerprint density at radius 2 is 1.95 bits per heavy atom. The molecule has 3 N–H and O–H groups in total. The van der Waals surface area contributed by atoms with Crippen molar-refractivity contribution in [1.29, 1.82) is 0 Å². The zero-order valence-corrected chi connectivity index (χ0v) is 13.0. The largest absolute Gasteiger partial charge is 0.399 e. The molecule has 0 bridgehead atoms. The lowest BCUT2D eigenvalue weighted by molar-refractivity contribution is 0.102. The second-order valence-electron chi connectivity index (χ2n) is 4.07. The number of thioether (sulfide) groups is 1. The first-order valence-corrected chi connectivity index (χ1v) is 7.55. The molecule has 3 nitrogen and oxygen atoms in total. The van der Waals surface area contributed by atoms with E-state index in [0.29, 0.717) is 38.1 Å². The fourth-order valence-electron chi connectivity index (χ4n) is 1.68. The first-order chi connectivity index (χ1) is 9.97. The molecule has 0 spiro atoms. The van der Waals surface area contributed by atoms with Gasteiger partial charge in [0, 0.05) is 15.1 Å². The van der Waals surface area contributed by atoms with Gasteiger partial charge in [-0.15, -0.1) is 0 Å². The number of hydrogen-bond acceptors (Lipinski definition) is 3. The number of amides is 1. The van der Waals surface area contributed by atoms with Crippen molar-refractivity contribution in [3.8, 4) is 0 Å². The van der Waals surface area contributed by atoms with E-state index in [4.69, 9.17) is 5.73 Å². The molecule has 0 fully saturated rings. The van der Waals surface area contributed by atoms with Gasteiger partial charge in [0.2, 0.25) is 0 Å². The predicted octanol–water partition coefficient (Wildman–Crippen LogP) is 4.60. The summed E-state index contributed by atoms with van der Waals surface area (Å²) in [6.07, 6.45) is 0. The van der Waals surface area contributed by atoms with Gasteiger partial charge in [-0.05, 0) is 46.3 Å². The van der Waals surface area contributed by atoms with Gasteiger partial charge >= 0.3 is 0 Å². The van der Waals surface area contributed by atoms with E-state index in [0.717, 1.165) is 0 Å². The number of nitrogen functional groups attached to an aromatic ring is 1. The first-order valence-electron chi connectivity index (χ1n) is 5.87. The van der Waals surface area contributed by atoms with E-state index < -0.39 is 11.7 Å². The summed E-state index contributed by atoms with van der Waals surface area (Å²) >= 11 is 3.65. The van der Waals surface area contributed by atoms with Gasteiger partial charge in [-0.2, -0.15) is 8.78 Å². The Morgan fingerprint density at radius 3 is 2.67 bits per heavy atom. The lowest BCUT2D eigenvalue weighted by Crippen LogP contribution is -2.13. The van der Waals surface area contributed by atoms with Gasteiger partial charge in [0.25, 0.3) is 11.7 Å². The maximum atomic E-state index is 12.5. The van der Waals surface area contributed by atoms with E-state index in [2.05, 4.69) is 21.2 Å². The summed E-state index contributed by atoms with van der Waals surface area (Å²) in [5.41, 5.74) is 6.77. The van der Waals surface area contributed by atoms with Crippen LogP contribution in [0.2, 0.25) is 0 Å². The van der Waals surface area contributed by atoms with Crippen molar-refractivity contribution in [3.63, 3.8) is 0 Å². The third-order valence-corrected chi connectivity index (χ3v) is 4.07. The van der Waals surface area contributed by atoms with Crippen molar-refractivity contribution in [1.82, 2.24) is 0 Å². The highest BCUT2D eigenvalue weighted by molar-refractivity contribution is 9.10. The van der Waals surface area contributed by atoms with Crippen molar-refractivity contribution in [2.24, 2.45) is 0 Å². The number of hydrogen-bond donors (Lipinski definition) is 2. The summed E-state index contributed by atoms with van der Waals surface area (Å²) in [6.45, 7) is 0. The average molecular weight is 373 g/mol. The van der Waals surface area contributed by atoms with E-state index >= 15 is 0 Å². The normalized spacial score (nSPS) is 10.7. The SMILES string of the molecule is Nc1ccc(Br)c(C(=O)Nc2ccccc2SC(F)F)c1. The van der Waals surface area contributed by atoms with Crippen molar-refractivity contribution >= 4 is 45.0 Å². The molecule has 0 atom stereocenters. The number of halogens is 3. The number of carbonyl (C=O) groups excluding carboxylic acids is 1. The predicted molar refractivity (Wildman–Crippen MR) is 84.8 cm³/mol. The van der Waals surface area contributed by atoms with Gasteiger partial charge in [-0.1, -0.05) is 23.9 Å². The second-order valence-corrected chi connectivity index (χ2v) is 5.95. The van der Waals surface area contributed by atoms with E-state index in [1.807, 2.05) is 0 Å². The van der Waals surface area contributed by atoms with E-state index in [1.165, 1.54) is 12.1 Å². The number of rotatable bonds is 4. The molecule has 0 radical (unpaired) electrons. The van der Waals surface area contributed by atoms with Crippen LogP contribution in [0.3, 0.4) is 0 Å². The monoisotopic (exact) mass is 372 g/mol. The van der Waals surface area contributed by atoms with Gasteiger partial charge in [0.05, 0.1) is 11.3 Å². The van der Waals surface area contributed by atoms with E-state index in [9.17, 15) is 13.6 Å². The minimum atomic E-state index is -2.55. The molecule has 0 aromatic heterocycles. The molecule has 21 heavy (non-hydrogen) atoms. The van der Waals surface area contributed by atoms with Crippen LogP contribution in [0.1, 0.15) is 10.4 Å². The maximum Gasteiger partial charge on any atom is 0.288 e. The van der Waals surface area contributed by atoms with Crippen LogP contribution in [0.4, 0.5) is 20.2 Å². The number of para-hydroxylation sites is 1. The Kier molecular flexibility index (Phi) is 5.19. The topological polar surface area (TPSA) is 55.1 Å². The first kappa shape index (κ1) is 15.8. The molecular formula is C14H11BrF2N2OS. The van der Waals surface area contributed by atoms with Gasteiger partial charge in [-0.3, -0.25) is 4.79 Å². The van der Waals surface area contributed by atoms with Crippen molar-refractivity contribution < 1.29 is 13.6 Å². The Bertz CT molecular complexity index is 667. The van der Waals surface area contributed by atoms with Gasteiger partial charge in [-0.25, -0.2) is 0 Å². The van der Waals surface area contributed by atoms with Crippen LogP contribution in [0.25, 0.3) is 0 Å². The van der Waals surface area contributed by atoms with Gasteiger partial charge < -0.3 is 11.1 Å². The number of nitrogens with two attached hydrogens (primary N) is 1. The van der Waals surface area contributed by atoms with E-state index in [1.54, 1.807) is 30.3 Å². The molecule has 0 heterocycles. The summed E-state index contributed by atoms with van der Waals surface area (Å²) in [5, 5.41) is 2.62. The van der Waals surface area contributed by atoms with Crippen LogP contribution in [0.5, 0.6) is 0 Å². The summed E-state index contributed by atoms with van der Waals surface area (Å²) < 4.78 is 25.6. The fourth-order valence-corrected chi connectivity index (χ4v) is 2.70. The lowest BCUT2D eigenvalue weighted by atomic mass is 10.2. The summed E-state index contributed by atoms with van der Waals surface area (Å²) in [4.78, 5) is 12.5. The molecular weight excluding hydrogens is 362 g/mol. The molecule has 7 heteroatoms. The fraction of sp³-hybridized carbons (Fsp3) is 0.0714. The van der Waals surface area contributed by atoms with Crippen molar-refractivity contribution in [2.75, 3.05) is 11.1 Å². The number of alkyl halides is 2. The standard InChI is InChI=1S/C14H11BrF2N2OS/c15-10-6-5-8(18)7-9(10)13(20)19-11-3-1-2-4-12(11)21-14(16)17/h1-7,14H,18H2,(H,19,20). The molecule has 2 aromatic carbocycles. The van der Waals surface area contributed by atoms with Crippen LogP contribution < -0.4 is 11.1 Å². The molecule has 0 unspecified atom stereocenters. The maximum absolute atomic E-state index is 12.5. The number of anilines is 2. The Morgan fingerprint density at radius 1 is 1.24 bits per heavy atom. The molecule has 110 valence electrons. The van der Waals surface area contributed by atoms with E-state index in [-0.39, 0.29) is 0 Å². The number of nitrogens with one attached hydrogen (secondary N) is 1. The third-order valence-electron chi connectivity index (χ3n) is 2.59. The Balaban J connectivity index is 2.25. The van der Waals surface area contributed by atoms with Crippen LogP contribution in [-0.2, 0) is 0 Å². The molecule has 0 aliphatic carbocycles. The average Bonchev–Trinajstić information content (AvgIpc) is 2.43. The highest BCUT2D eigenvalue weighted by Crippen LogP contribution is 2.32. The smallest absolute Gasteiger partial charge is 0.288 e. The summed E-state index contributed by atoms with van der Waals surface area (Å²) in [7, 11) is 0. The molecule has 2 aromatic rings. The molecule has 0 aliphatic rings. The van der Waals surface area contributed by atoms with Crippen LogP contribution in [-0.4, -0.2) is 11.7 Å². The quantitative estimate of drug-likeness (QED) is 0.609. The minimum Gasteiger partial charge on any atom is -0.399 e. The van der Waals surface area contributed by atoms with Crippen LogP contribution >= 0.6 is 27.7 Å². The Hall–Kier alpha value is -1.60. The molecule has 2 rings (SSSR count). The molecule has 1 amide bonds. The summed E-state index contributed by atoms with van der Waals surface area (Å²) in [5.74, 6) is -2.97. The highest BCUT2D eigenvalue weighted by atomic mass is 79.9. The highest BCUT2D eigenvalue weighted by Gasteiger charge is 2.14. The zero-order valence-electron chi connectivity index (χ0n) is 10.6. The van der Waals surface area contributed by atoms with Crippen molar-refractivity contribution in [2.45, 2.75) is 10.7 Å².